The summed E-state index contributed by atoms with van der Waals surface area (Å²) in [7, 11) is 0. The van der Waals surface area contributed by atoms with Gasteiger partial charge in [-0.3, -0.25) is 0 Å². The monoisotopic (exact) mass is 335 g/mol. The van der Waals surface area contributed by atoms with Crippen molar-refractivity contribution in [2.75, 3.05) is 6.61 Å². The van der Waals surface area contributed by atoms with Crippen molar-refractivity contribution < 1.29 is 4.74 Å². The first-order valence-electron chi connectivity index (χ1n) is 10.7. The van der Waals surface area contributed by atoms with Gasteiger partial charge in [0.05, 0.1) is 12.2 Å². The van der Waals surface area contributed by atoms with E-state index in [9.17, 15) is 0 Å². The number of ether oxygens (including phenoxy) is 1. The van der Waals surface area contributed by atoms with Crippen LogP contribution in [0.2, 0.25) is 0 Å². The van der Waals surface area contributed by atoms with Crippen molar-refractivity contribution in [2.24, 2.45) is 52.8 Å². The zero-order chi connectivity index (χ0) is 16.6. The van der Waals surface area contributed by atoms with E-state index in [-0.39, 0.29) is 5.60 Å². The highest BCUT2D eigenvalue weighted by Gasteiger charge is 2.78. The largest absolute Gasteiger partial charge is 0.366 e. The highest BCUT2D eigenvalue weighted by atomic mass is 16.5. The Balaban J connectivity index is 1.33. The number of hydrogen-bond donors (Lipinski definition) is 1. The van der Waals surface area contributed by atoms with Crippen molar-refractivity contribution >= 4 is 5.71 Å². The van der Waals surface area contributed by atoms with Crippen LogP contribution in [0.3, 0.4) is 0 Å². The van der Waals surface area contributed by atoms with Crippen LogP contribution in [0.15, 0.2) is 23.8 Å². The smallest absolute Gasteiger partial charge is 0.0954 e. The van der Waals surface area contributed by atoms with Crippen LogP contribution in [0, 0.1) is 58.2 Å². The van der Waals surface area contributed by atoms with Crippen molar-refractivity contribution in [3.8, 4) is 0 Å². The van der Waals surface area contributed by atoms with Gasteiger partial charge < -0.3 is 10.1 Å². The Bertz CT molecular complexity index is 751. The van der Waals surface area contributed by atoms with E-state index in [1.165, 1.54) is 32.1 Å². The number of rotatable bonds is 0. The van der Waals surface area contributed by atoms with E-state index in [0.717, 1.165) is 66.1 Å². The minimum atomic E-state index is 0.0997. The number of hydrogen-bond acceptors (Lipinski definition) is 2. The van der Waals surface area contributed by atoms with Crippen LogP contribution in [-0.2, 0) is 4.74 Å². The van der Waals surface area contributed by atoms with Crippen LogP contribution >= 0.6 is 0 Å². The molecule has 0 amide bonds. The third-order valence-corrected chi connectivity index (χ3v) is 9.94. The Morgan fingerprint density at radius 1 is 1.12 bits per heavy atom. The first-order chi connectivity index (χ1) is 12.1. The van der Waals surface area contributed by atoms with Gasteiger partial charge in [0.15, 0.2) is 0 Å². The lowest BCUT2D eigenvalue weighted by Gasteiger charge is -2.57. The molecule has 2 nitrogen and oxygen atoms in total. The fourth-order valence-electron chi connectivity index (χ4n) is 9.08. The molecular formula is C23H29NO. The molecule has 6 aliphatic carbocycles. The first kappa shape index (κ1) is 14.2. The lowest BCUT2D eigenvalue weighted by Crippen LogP contribution is -2.55. The topological polar surface area (TPSA) is 33.1 Å². The Morgan fingerprint density at radius 2 is 2.04 bits per heavy atom. The van der Waals surface area contributed by atoms with Crippen molar-refractivity contribution in [2.45, 2.75) is 51.0 Å². The first-order valence-corrected chi connectivity index (χ1v) is 10.7. The second-order valence-electron chi connectivity index (χ2n) is 10.6. The molecule has 10 atom stereocenters. The van der Waals surface area contributed by atoms with Gasteiger partial charge in [0.1, 0.15) is 0 Å². The molecule has 7 unspecified atom stereocenters. The van der Waals surface area contributed by atoms with Crippen LogP contribution in [-0.4, -0.2) is 17.9 Å². The van der Waals surface area contributed by atoms with E-state index in [4.69, 9.17) is 10.1 Å². The van der Waals surface area contributed by atoms with Crippen LogP contribution < -0.4 is 0 Å². The summed E-state index contributed by atoms with van der Waals surface area (Å²) in [5, 5.41) is 8.15. The second-order valence-corrected chi connectivity index (χ2v) is 10.6. The fourth-order valence-corrected chi connectivity index (χ4v) is 9.08. The van der Waals surface area contributed by atoms with Crippen molar-refractivity contribution in [3.63, 3.8) is 0 Å². The molecule has 1 spiro atoms. The third kappa shape index (κ3) is 1.46. The summed E-state index contributed by atoms with van der Waals surface area (Å²) in [6.45, 7) is 3.46. The molecule has 7 rings (SSSR count). The molecule has 0 aromatic carbocycles. The molecule has 0 bridgehead atoms. The molecule has 5 saturated carbocycles. The fraction of sp³-hybridized carbons (Fsp3) is 0.783. The number of fused-ring (bicyclic) bond motifs is 12. The highest BCUT2D eigenvalue weighted by Crippen LogP contribution is 2.80. The molecule has 0 saturated heterocycles. The molecule has 1 heterocycles. The minimum Gasteiger partial charge on any atom is -0.366 e. The predicted octanol–water partition coefficient (Wildman–Crippen LogP) is 4.62. The van der Waals surface area contributed by atoms with Crippen molar-refractivity contribution in [3.05, 3.63) is 23.8 Å². The average Bonchev–Trinajstić information content (AvgIpc) is 3.50. The molecule has 7 aliphatic rings. The molecule has 25 heavy (non-hydrogen) atoms. The van der Waals surface area contributed by atoms with Crippen LogP contribution in [0.4, 0.5) is 0 Å². The van der Waals surface area contributed by atoms with Crippen LogP contribution in [0.1, 0.15) is 45.4 Å². The van der Waals surface area contributed by atoms with Gasteiger partial charge >= 0.3 is 0 Å². The molecule has 132 valence electrons. The van der Waals surface area contributed by atoms with Gasteiger partial charge in [-0.15, -0.1) is 0 Å². The highest BCUT2D eigenvalue weighted by molar-refractivity contribution is 5.94. The molecule has 2 heteroatoms. The van der Waals surface area contributed by atoms with Gasteiger partial charge in [-0.1, -0.05) is 24.6 Å². The van der Waals surface area contributed by atoms with Gasteiger partial charge in [-0.2, -0.15) is 0 Å². The summed E-state index contributed by atoms with van der Waals surface area (Å²) in [6, 6.07) is 0. The average molecular weight is 335 g/mol. The Labute approximate surface area is 150 Å². The van der Waals surface area contributed by atoms with E-state index in [0.29, 0.717) is 5.41 Å². The van der Waals surface area contributed by atoms with E-state index in [1.54, 1.807) is 5.57 Å². The maximum atomic E-state index is 8.15. The summed E-state index contributed by atoms with van der Waals surface area (Å²) < 4.78 is 6.53. The maximum absolute atomic E-state index is 8.15. The lowest BCUT2D eigenvalue weighted by molar-refractivity contribution is -0.133. The van der Waals surface area contributed by atoms with Crippen molar-refractivity contribution in [1.29, 1.82) is 5.41 Å². The molecule has 0 radical (unpaired) electrons. The molecule has 0 aromatic rings. The standard InChI is InChI=1S/C23H29NO/c1-22-7-5-14-13-4-3-12(24)9-15(13)16-10-17(16)20(14)21(22)18-11-19(18)23(22)6-2-8-25-23/h2,6,9,13-14,16-21,24H,3-5,7-8,10-11H2,1H3/t13-,14?,16?,17?,18?,19?,20?,21?,22+,23+/m1/s1. The molecule has 1 aliphatic heterocycles. The minimum absolute atomic E-state index is 0.0997. The Morgan fingerprint density at radius 3 is 2.88 bits per heavy atom. The SMILES string of the molecule is C[C@]12CCC3C(C4CC4C4=CC(=N)CC[C@@H]43)C1C1CC1[C@@]21C=CCO1. The van der Waals surface area contributed by atoms with E-state index in [2.05, 4.69) is 25.2 Å². The van der Waals surface area contributed by atoms with Gasteiger partial charge in [0.25, 0.3) is 0 Å². The summed E-state index contributed by atoms with van der Waals surface area (Å²) in [4.78, 5) is 0. The quantitative estimate of drug-likeness (QED) is 0.644. The van der Waals surface area contributed by atoms with Gasteiger partial charge in [0, 0.05) is 11.1 Å². The normalized spacial score (nSPS) is 62.6. The van der Waals surface area contributed by atoms with Crippen LogP contribution in [0.5, 0.6) is 0 Å². The van der Waals surface area contributed by atoms with Crippen molar-refractivity contribution in [1.82, 2.24) is 0 Å². The molecule has 1 N–H and O–H groups in total. The van der Waals surface area contributed by atoms with Gasteiger partial charge in [-0.05, 0) is 91.9 Å². The zero-order valence-corrected chi connectivity index (χ0v) is 15.2. The number of allylic oxidation sites excluding steroid dienone is 2. The molecule has 5 fully saturated rings. The summed E-state index contributed by atoms with van der Waals surface area (Å²) in [5.74, 6) is 7.20. The van der Waals surface area contributed by atoms with Gasteiger partial charge in [0.2, 0.25) is 0 Å². The maximum Gasteiger partial charge on any atom is 0.0954 e. The Hall–Kier alpha value is -0.890. The lowest BCUT2D eigenvalue weighted by atomic mass is 9.49. The summed E-state index contributed by atoms with van der Waals surface area (Å²) in [5.41, 5.74) is 3.11. The zero-order valence-electron chi connectivity index (χ0n) is 15.2. The molecular weight excluding hydrogens is 306 g/mol. The summed E-state index contributed by atoms with van der Waals surface area (Å²) in [6.07, 6.45) is 15.1. The van der Waals surface area contributed by atoms with Gasteiger partial charge in [-0.25, -0.2) is 0 Å². The second kappa shape index (κ2) is 4.16. The number of nitrogens with one attached hydrogen (secondary N) is 1. The third-order valence-electron chi connectivity index (χ3n) is 9.94. The van der Waals surface area contributed by atoms with Crippen LogP contribution in [0.25, 0.3) is 0 Å². The van der Waals surface area contributed by atoms with E-state index < -0.39 is 0 Å². The van der Waals surface area contributed by atoms with E-state index >= 15 is 0 Å². The van der Waals surface area contributed by atoms with E-state index in [1.807, 2.05) is 0 Å². The Kier molecular flexibility index (Phi) is 2.36. The molecule has 0 aromatic heterocycles. The predicted molar refractivity (Wildman–Crippen MR) is 97.4 cm³/mol. The summed E-state index contributed by atoms with van der Waals surface area (Å²) >= 11 is 0.